The standard InChI is InChI=1S/C15H23N3O3/c1-11-9-12(21-3)17-14(16-11)18(2)15(10-13(19)20)7-5-4-6-8-15/h9H,4-8,10H2,1-3H3,(H,19,20). The molecule has 1 aliphatic rings. The summed E-state index contributed by atoms with van der Waals surface area (Å²) in [7, 11) is 3.46. The summed E-state index contributed by atoms with van der Waals surface area (Å²) in [5, 5.41) is 9.29. The first kappa shape index (κ1) is 15.5. The van der Waals surface area contributed by atoms with Crippen LogP contribution in [0.4, 0.5) is 5.95 Å². The second-order valence-corrected chi connectivity index (χ2v) is 5.77. The highest BCUT2D eigenvalue weighted by molar-refractivity contribution is 5.69. The zero-order chi connectivity index (χ0) is 15.5. The fourth-order valence-electron chi connectivity index (χ4n) is 3.11. The van der Waals surface area contributed by atoms with Crippen LogP contribution in [0.5, 0.6) is 5.88 Å². The minimum Gasteiger partial charge on any atom is -0.481 e. The molecule has 0 saturated heterocycles. The highest BCUT2D eigenvalue weighted by Crippen LogP contribution is 2.37. The van der Waals surface area contributed by atoms with Crippen LogP contribution in [-0.4, -0.2) is 40.7 Å². The molecule has 1 fully saturated rings. The smallest absolute Gasteiger partial charge is 0.305 e. The Morgan fingerprint density at radius 1 is 1.38 bits per heavy atom. The van der Waals surface area contributed by atoms with E-state index in [0.29, 0.717) is 11.8 Å². The summed E-state index contributed by atoms with van der Waals surface area (Å²) >= 11 is 0. The molecule has 0 aromatic carbocycles. The van der Waals surface area contributed by atoms with Gasteiger partial charge in [-0.2, -0.15) is 4.98 Å². The number of carbonyl (C=O) groups is 1. The Morgan fingerprint density at radius 2 is 2.05 bits per heavy atom. The van der Waals surface area contributed by atoms with Gasteiger partial charge in [-0.15, -0.1) is 0 Å². The van der Waals surface area contributed by atoms with Crippen LogP contribution in [-0.2, 0) is 4.79 Å². The van der Waals surface area contributed by atoms with E-state index >= 15 is 0 Å². The van der Waals surface area contributed by atoms with Crippen molar-refractivity contribution in [3.63, 3.8) is 0 Å². The summed E-state index contributed by atoms with van der Waals surface area (Å²) in [6.45, 7) is 1.88. The minimum atomic E-state index is -0.775. The Bertz CT molecular complexity index is 513. The summed E-state index contributed by atoms with van der Waals surface area (Å²) in [5.74, 6) is 0.268. The van der Waals surface area contributed by atoms with E-state index in [1.165, 1.54) is 0 Å². The van der Waals surface area contributed by atoms with Crippen molar-refractivity contribution >= 4 is 11.9 Å². The predicted molar refractivity (Wildman–Crippen MR) is 79.8 cm³/mol. The molecule has 0 amide bonds. The van der Waals surface area contributed by atoms with E-state index in [1.54, 1.807) is 13.2 Å². The van der Waals surface area contributed by atoms with Crippen LogP contribution in [0.15, 0.2) is 6.07 Å². The summed E-state index contributed by atoms with van der Waals surface area (Å²) in [5.41, 5.74) is 0.410. The van der Waals surface area contributed by atoms with Gasteiger partial charge in [0.15, 0.2) is 0 Å². The predicted octanol–water partition coefficient (Wildman–Crippen LogP) is 2.41. The number of carboxylic acid groups (broad SMARTS) is 1. The summed E-state index contributed by atoms with van der Waals surface area (Å²) in [6, 6.07) is 1.77. The van der Waals surface area contributed by atoms with Crippen LogP contribution in [0, 0.1) is 6.92 Å². The van der Waals surface area contributed by atoms with E-state index in [4.69, 9.17) is 4.74 Å². The molecule has 0 bridgehead atoms. The molecule has 1 heterocycles. The van der Waals surface area contributed by atoms with E-state index < -0.39 is 11.5 Å². The summed E-state index contributed by atoms with van der Waals surface area (Å²) in [6.07, 6.45) is 5.07. The van der Waals surface area contributed by atoms with Crippen molar-refractivity contribution in [1.82, 2.24) is 9.97 Å². The van der Waals surface area contributed by atoms with Gasteiger partial charge < -0.3 is 14.7 Å². The third-order valence-electron chi connectivity index (χ3n) is 4.30. The van der Waals surface area contributed by atoms with Gasteiger partial charge >= 0.3 is 5.97 Å². The second kappa shape index (κ2) is 6.28. The Balaban J connectivity index is 2.35. The topological polar surface area (TPSA) is 75.5 Å². The van der Waals surface area contributed by atoms with E-state index in [0.717, 1.165) is 37.8 Å². The quantitative estimate of drug-likeness (QED) is 0.898. The molecule has 1 aromatic rings. The third-order valence-corrected chi connectivity index (χ3v) is 4.30. The molecule has 2 rings (SSSR count). The van der Waals surface area contributed by atoms with Crippen molar-refractivity contribution in [2.75, 3.05) is 19.1 Å². The minimum absolute atomic E-state index is 0.114. The maximum Gasteiger partial charge on any atom is 0.305 e. The molecular formula is C15H23N3O3. The molecule has 116 valence electrons. The number of hydrogen-bond acceptors (Lipinski definition) is 5. The Morgan fingerprint density at radius 3 is 2.62 bits per heavy atom. The van der Waals surface area contributed by atoms with Crippen LogP contribution < -0.4 is 9.64 Å². The molecule has 0 spiro atoms. The fourth-order valence-corrected chi connectivity index (χ4v) is 3.11. The van der Waals surface area contributed by atoms with Crippen LogP contribution >= 0.6 is 0 Å². The number of methoxy groups -OCH3 is 1. The molecule has 6 nitrogen and oxygen atoms in total. The van der Waals surface area contributed by atoms with Gasteiger partial charge in [-0.3, -0.25) is 4.79 Å². The molecule has 0 atom stereocenters. The van der Waals surface area contributed by atoms with Crippen LogP contribution in [0.1, 0.15) is 44.2 Å². The van der Waals surface area contributed by atoms with Crippen molar-refractivity contribution in [2.45, 2.75) is 51.0 Å². The van der Waals surface area contributed by atoms with Crippen molar-refractivity contribution in [3.8, 4) is 5.88 Å². The number of aliphatic carboxylic acids is 1. The van der Waals surface area contributed by atoms with Gasteiger partial charge in [-0.25, -0.2) is 4.98 Å². The lowest BCUT2D eigenvalue weighted by Crippen LogP contribution is -2.50. The number of aryl methyl sites for hydroxylation is 1. The van der Waals surface area contributed by atoms with Crippen LogP contribution in [0.3, 0.4) is 0 Å². The number of nitrogens with zero attached hydrogens (tertiary/aromatic N) is 3. The Kier molecular flexibility index (Phi) is 4.65. The highest BCUT2D eigenvalue weighted by atomic mass is 16.5. The lowest BCUT2D eigenvalue weighted by atomic mass is 9.78. The largest absolute Gasteiger partial charge is 0.481 e. The lowest BCUT2D eigenvalue weighted by Gasteiger charge is -2.43. The zero-order valence-corrected chi connectivity index (χ0v) is 12.9. The third kappa shape index (κ3) is 3.43. The molecule has 1 saturated carbocycles. The van der Waals surface area contributed by atoms with E-state index in [1.807, 2.05) is 18.9 Å². The number of ether oxygens (including phenoxy) is 1. The normalized spacial score (nSPS) is 17.3. The molecule has 1 aromatic heterocycles. The average Bonchev–Trinajstić information content (AvgIpc) is 2.46. The maximum absolute atomic E-state index is 11.3. The van der Waals surface area contributed by atoms with Crippen molar-refractivity contribution in [3.05, 3.63) is 11.8 Å². The van der Waals surface area contributed by atoms with Crippen LogP contribution in [0.2, 0.25) is 0 Å². The molecule has 1 N–H and O–H groups in total. The maximum atomic E-state index is 11.3. The van der Waals surface area contributed by atoms with Gasteiger partial charge in [-0.1, -0.05) is 19.3 Å². The first-order valence-electron chi connectivity index (χ1n) is 7.32. The van der Waals surface area contributed by atoms with Gasteiger partial charge in [0.1, 0.15) is 0 Å². The van der Waals surface area contributed by atoms with Crippen LogP contribution in [0.25, 0.3) is 0 Å². The number of aromatic nitrogens is 2. The molecule has 21 heavy (non-hydrogen) atoms. The second-order valence-electron chi connectivity index (χ2n) is 5.77. The molecule has 6 heteroatoms. The monoisotopic (exact) mass is 293 g/mol. The Labute approximate surface area is 125 Å². The first-order valence-corrected chi connectivity index (χ1v) is 7.32. The summed E-state index contributed by atoms with van der Waals surface area (Å²) in [4.78, 5) is 22.1. The first-order chi connectivity index (χ1) is 9.97. The van der Waals surface area contributed by atoms with Crippen molar-refractivity contribution in [1.29, 1.82) is 0 Å². The average molecular weight is 293 g/mol. The zero-order valence-electron chi connectivity index (χ0n) is 12.9. The number of carboxylic acids is 1. The van der Waals surface area contributed by atoms with Gasteiger partial charge in [0, 0.05) is 18.8 Å². The fraction of sp³-hybridized carbons (Fsp3) is 0.667. The molecule has 0 unspecified atom stereocenters. The van der Waals surface area contributed by atoms with Gasteiger partial charge in [0.2, 0.25) is 11.8 Å². The number of rotatable bonds is 5. The van der Waals surface area contributed by atoms with Gasteiger partial charge in [-0.05, 0) is 19.8 Å². The lowest BCUT2D eigenvalue weighted by molar-refractivity contribution is -0.138. The summed E-state index contributed by atoms with van der Waals surface area (Å²) < 4.78 is 5.19. The van der Waals surface area contributed by atoms with Gasteiger partial charge in [0.05, 0.1) is 19.1 Å². The number of hydrogen-bond donors (Lipinski definition) is 1. The highest BCUT2D eigenvalue weighted by Gasteiger charge is 2.39. The molecular weight excluding hydrogens is 270 g/mol. The molecule has 0 aliphatic heterocycles. The van der Waals surface area contributed by atoms with E-state index in [2.05, 4.69) is 9.97 Å². The number of anilines is 1. The molecule has 1 aliphatic carbocycles. The van der Waals surface area contributed by atoms with E-state index in [-0.39, 0.29) is 6.42 Å². The van der Waals surface area contributed by atoms with E-state index in [9.17, 15) is 9.90 Å². The SMILES string of the molecule is COc1cc(C)nc(N(C)C2(CC(=O)O)CCCCC2)n1. The van der Waals surface area contributed by atoms with Crippen molar-refractivity contribution < 1.29 is 14.6 Å². The molecule has 0 radical (unpaired) electrons. The van der Waals surface area contributed by atoms with Crippen molar-refractivity contribution in [2.24, 2.45) is 0 Å². The Hall–Kier alpha value is -1.85. The van der Waals surface area contributed by atoms with Gasteiger partial charge in [0.25, 0.3) is 0 Å².